The van der Waals surface area contributed by atoms with Gasteiger partial charge < -0.3 is 5.32 Å². The van der Waals surface area contributed by atoms with E-state index in [1.54, 1.807) is 11.2 Å². The summed E-state index contributed by atoms with van der Waals surface area (Å²) in [5, 5.41) is 2.89. The molecule has 2 aliphatic heterocycles. The van der Waals surface area contributed by atoms with Crippen molar-refractivity contribution in [3.63, 3.8) is 0 Å². The third-order valence-corrected chi connectivity index (χ3v) is 6.30. The van der Waals surface area contributed by atoms with Crippen molar-refractivity contribution in [3.8, 4) is 0 Å². The van der Waals surface area contributed by atoms with Gasteiger partial charge in [-0.05, 0) is 33.6 Å². The van der Waals surface area contributed by atoms with E-state index in [0.29, 0.717) is 19.1 Å². The highest BCUT2D eigenvalue weighted by Gasteiger charge is 2.40. The first kappa shape index (κ1) is 14.2. The number of nitrogens with one attached hydrogen (secondary N) is 1. The topological polar surface area (TPSA) is 52.6 Å². The second-order valence-electron chi connectivity index (χ2n) is 5.62. The highest BCUT2D eigenvalue weighted by molar-refractivity contribution is 7.89. The molecule has 2 unspecified atom stereocenters. The molecule has 0 aromatic heterocycles. The number of sulfonamides is 1. The molecular weight excluding hydrogens is 250 g/mol. The maximum absolute atomic E-state index is 12.5. The molecule has 2 fully saturated rings. The van der Waals surface area contributed by atoms with E-state index in [9.17, 15) is 8.42 Å². The Labute approximate surface area is 111 Å². The van der Waals surface area contributed by atoms with Gasteiger partial charge in [0.25, 0.3) is 0 Å². The first-order chi connectivity index (χ1) is 8.44. The fourth-order valence-electron chi connectivity index (χ4n) is 2.96. The molecule has 0 spiro atoms. The Kier molecular flexibility index (Phi) is 4.31. The second kappa shape index (κ2) is 5.45. The van der Waals surface area contributed by atoms with Crippen molar-refractivity contribution < 1.29 is 8.42 Å². The first-order valence-electron chi connectivity index (χ1n) is 6.91. The third-order valence-electron chi connectivity index (χ3n) is 4.03. The average molecular weight is 275 g/mol. The van der Waals surface area contributed by atoms with Crippen LogP contribution in [0.15, 0.2) is 0 Å². The van der Waals surface area contributed by atoms with Crippen molar-refractivity contribution >= 4 is 10.0 Å². The highest BCUT2D eigenvalue weighted by Crippen LogP contribution is 2.27. The van der Waals surface area contributed by atoms with E-state index in [1.807, 2.05) is 0 Å². The molecule has 0 aromatic carbocycles. The average Bonchev–Trinajstić information content (AvgIpc) is 2.72. The molecule has 0 radical (unpaired) electrons. The molecule has 2 aliphatic rings. The summed E-state index contributed by atoms with van der Waals surface area (Å²) in [5.74, 6) is 0. The highest BCUT2D eigenvalue weighted by atomic mass is 32.2. The Hall–Kier alpha value is -0.170. The maximum Gasteiger partial charge on any atom is 0.219 e. The summed E-state index contributed by atoms with van der Waals surface area (Å²) in [6.45, 7) is 9.01. The lowest BCUT2D eigenvalue weighted by atomic mass is 10.3. The van der Waals surface area contributed by atoms with Gasteiger partial charge in [-0.1, -0.05) is 0 Å². The second-order valence-corrected chi connectivity index (χ2v) is 7.93. The fraction of sp³-hybridized carbons (Fsp3) is 1.00. The fourth-order valence-corrected chi connectivity index (χ4v) is 4.66. The van der Waals surface area contributed by atoms with Gasteiger partial charge in [-0.3, -0.25) is 4.90 Å². The minimum Gasteiger partial charge on any atom is -0.314 e. The van der Waals surface area contributed by atoms with Crippen LogP contribution in [0, 0.1) is 0 Å². The number of nitrogens with zero attached hydrogens (tertiary/aromatic N) is 2. The van der Waals surface area contributed by atoms with Crippen LogP contribution < -0.4 is 5.32 Å². The van der Waals surface area contributed by atoms with Crippen LogP contribution >= 0.6 is 0 Å². The largest absolute Gasteiger partial charge is 0.314 e. The Morgan fingerprint density at radius 1 is 1.28 bits per heavy atom. The molecule has 2 atom stereocenters. The summed E-state index contributed by atoms with van der Waals surface area (Å²) in [6.07, 6.45) is 2.12. The predicted octanol–water partition coefficient (Wildman–Crippen LogP) is 0.440. The van der Waals surface area contributed by atoms with E-state index in [0.717, 1.165) is 25.9 Å². The smallest absolute Gasteiger partial charge is 0.219 e. The molecule has 0 bridgehead atoms. The van der Waals surface area contributed by atoms with Crippen molar-refractivity contribution in [2.45, 2.75) is 51.1 Å². The molecule has 0 aliphatic carbocycles. The van der Waals surface area contributed by atoms with Crippen LogP contribution in [0.4, 0.5) is 0 Å². The van der Waals surface area contributed by atoms with Gasteiger partial charge in [-0.2, -0.15) is 4.31 Å². The van der Waals surface area contributed by atoms with E-state index in [-0.39, 0.29) is 11.4 Å². The molecule has 0 saturated carbocycles. The van der Waals surface area contributed by atoms with Crippen LogP contribution in [0.5, 0.6) is 0 Å². The number of rotatable bonds is 2. The Morgan fingerprint density at radius 3 is 2.67 bits per heavy atom. The van der Waals surface area contributed by atoms with Crippen molar-refractivity contribution in [2.24, 2.45) is 0 Å². The summed E-state index contributed by atoms with van der Waals surface area (Å²) in [5.41, 5.74) is 0. The van der Waals surface area contributed by atoms with Crippen LogP contribution in [0.2, 0.25) is 0 Å². The maximum atomic E-state index is 12.5. The van der Waals surface area contributed by atoms with Crippen LogP contribution in [0.1, 0.15) is 33.6 Å². The molecule has 2 rings (SSSR count). The lowest BCUT2D eigenvalue weighted by molar-refractivity contribution is 0.114. The Morgan fingerprint density at radius 2 is 2.00 bits per heavy atom. The van der Waals surface area contributed by atoms with Gasteiger partial charge in [-0.15, -0.1) is 0 Å². The zero-order valence-electron chi connectivity index (χ0n) is 11.6. The Balaban J connectivity index is 2.24. The van der Waals surface area contributed by atoms with Crippen LogP contribution in [-0.4, -0.2) is 61.3 Å². The van der Waals surface area contributed by atoms with Gasteiger partial charge in [0.15, 0.2) is 0 Å². The number of likely N-dealkylation sites (tertiary alicyclic amines) is 1. The summed E-state index contributed by atoms with van der Waals surface area (Å²) in [6, 6.07) is 0.402. The molecule has 106 valence electrons. The van der Waals surface area contributed by atoms with Gasteiger partial charge in [0.05, 0.1) is 11.4 Å². The molecule has 18 heavy (non-hydrogen) atoms. The number of hydrogen-bond acceptors (Lipinski definition) is 4. The molecule has 2 heterocycles. The molecule has 0 amide bonds. The number of hydrogen-bond donors (Lipinski definition) is 1. The van der Waals surface area contributed by atoms with Gasteiger partial charge in [-0.25, -0.2) is 8.42 Å². The molecule has 1 N–H and O–H groups in total. The van der Waals surface area contributed by atoms with Crippen LogP contribution in [0.25, 0.3) is 0 Å². The standard InChI is InChI=1S/C12H25N3O2S/c1-10(2)14-7-4-5-12(14)15-8-6-13-9-11(3)18(15,16)17/h10-13H,4-9H2,1-3H3. The summed E-state index contributed by atoms with van der Waals surface area (Å²) in [7, 11) is -3.16. The lowest BCUT2D eigenvalue weighted by Crippen LogP contribution is -2.52. The summed E-state index contributed by atoms with van der Waals surface area (Å²) < 4.78 is 26.8. The predicted molar refractivity (Wildman–Crippen MR) is 72.8 cm³/mol. The van der Waals surface area contributed by atoms with Crippen LogP contribution in [0.3, 0.4) is 0 Å². The van der Waals surface area contributed by atoms with E-state index in [4.69, 9.17) is 0 Å². The minimum absolute atomic E-state index is 0.0670. The summed E-state index contributed by atoms with van der Waals surface area (Å²) >= 11 is 0. The van der Waals surface area contributed by atoms with Gasteiger partial charge >= 0.3 is 0 Å². The van der Waals surface area contributed by atoms with E-state index in [1.165, 1.54) is 0 Å². The Bertz CT molecular complexity index is 383. The minimum atomic E-state index is -3.16. The van der Waals surface area contributed by atoms with E-state index >= 15 is 0 Å². The van der Waals surface area contributed by atoms with Gasteiger partial charge in [0, 0.05) is 32.2 Å². The van der Waals surface area contributed by atoms with E-state index < -0.39 is 10.0 Å². The van der Waals surface area contributed by atoms with Crippen molar-refractivity contribution in [2.75, 3.05) is 26.2 Å². The SMILES string of the molecule is CC(C)N1CCCC1N1CCNCC(C)S1(=O)=O. The third kappa shape index (κ3) is 2.57. The van der Waals surface area contributed by atoms with Crippen LogP contribution in [-0.2, 0) is 10.0 Å². The normalized spacial score (nSPS) is 34.9. The lowest BCUT2D eigenvalue weighted by Gasteiger charge is -2.36. The zero-order valence-corrected chi connectivity index (χ0v) is 12.4. The molecule has 0 aromatic rings. The van der Waals surface area contributed by atoms with Crippen molar-refractivity contribution in [1.82, 2.24) is 14.5 Å². The molecule has 6 heteroatoms. The molecule has 2 saturated heterocycles. The quantitative estimate of drug-likeness (QED) is 0.794. The zero-order chi connectivity index (χ0) is 13.3. The first-order valence-corrected chi connectivity index (χ1v) is 8.42. The molecular formula is C12H25N3O2S. The van der Waals surface area contributed by atoms with Crippen molar-refractivity contribution in [1.29, 1.82) is 0 Å². The van der Waals surface area contributed by atoms with Gasteiger partial charge in [0.2, 0.25) is 10.0 Å². The summed E-state index contributed by atoms with van der Waals surface area (Å²) in [4.78, 5) is 2.32. The van der Waals surface area contributed by atoms with Gasteiger partial charge in [0.1, 0.15) is 0 Å². The molecule has 5 nitrogen and oxygen atoms in total. The monoisotopic (exact) mass is 275 g/mol. The van der Waals surface area contributed by atoms with E-state index in [2.05, 4.69) is 24.1 Å². The van der Waals surface area contributed by atoms with Crippen molar-refractivity contribution in [3.05, 3.63) is 0 Å².